The highest BCUT2D eigenvalue weighted by Gasteiger charge is 2.06. The summed E-state index contributed by atoms with van der Waals surface area (Å²) in [5.41, 5.74) is 9.00. The monoisotopic (exact) mass is 242 g/mol. The Hall–Kier alpha value is -1.81. The number of rotatable bonds is 5. The second-order valence-electron chi connectivity index (χ2n) is 4.24. The summed E-state index contributed by atoms with van der Waals surface area (Å²) in [6, 6.07) is 3.97. The van der Waals surface area contributed by atoms with Crippen molar-refractivity contribution in [2.75, 3.05) is 0 Å². The van der Waals surface area contributed by atoms with Crippen LogP contribution in [0.25, 0.3) is 0 Å². The highest BCUT2D eigenvalue weighted by Crippen LogP contribution is 2.10. The molecule has 0 aliphatic rings. The SMILES string of the molecule is CCCc1nc(Cc2ccncc2)ncc1CN. The predicted octanol–water partition coefficient (Wildman–Crippen LogP) is 1.87. The average Bonchev–Trinajstić information content (AvgIpc) is 2.41. The van der Waals surface area contributed by atoms with E-state index in [2.05, 4.69) is 21.9 Å². The number of hydrogen-bond donors (Lipinski definition) is 1. The van der Waals surface area contributed by atoms with Crippen LogP contribution in [0.5, 0.6) is 0 Å². The first-order valence-electron chi connectivity index (χ1n) is 6.26. The zero-order valence-electron chi connectivity index (χ0n) is 10.6. The maximum absolute atomic E-state index is 5.70. The summed E-state index contributed by atoms with van der Waals surface area (Å²) in [5, 5.41) is 0. The van der Waals surface area contributed by atoms with Crippen LogP contribution in [0, 0.1) is 0 Å². The summed E-state index contributed by atoms with van der Waals surface area (Å²) in [4.78, 5) is 13.0. The predicted molar refractivity (Wildman–Crippen MR) is 71.0 cm³/mol. The van der Waals surface area contributed by atoms with Crippen molar-refractivity contribution in [3.8, 4) is 0 Å². The van der Waals surface area contributed by atoms with Crippen LogP contribution in [0.1, 0.15) is 36.0 Å². The Labute approximate surface area is 107 Å². The van der Waals surface area contributed by atoms with E-state index >= 15 is 0 Å². The first-order chi connectivity index (χ1) is 8.83. The zero-order chi connectivity index (χ0) is 12.8. The molecule has 0 unspecified atom stereocenters. The van der Waals surface area contributed by atoms with Gasteiger partial charge in [0.05, 0.1) is 0 Å². The van der Waals surface area contributed by atoms with E-state index in [-0.39, 0.29) is 0 Å². The van der Waals surface area contributed by atoms with Crippen molar-refractivity contribution >= 4 is 0 Å². The second kappa shape index (κ2) is 6.21. The fourth-order valence-electron chi connectivity index (χ4n) is 1.88. The summed E-state index contributed by atoms with van der Waals surface area (Å²) in [5.74, 6) is 0.849. The van der Waals surface area contributed by atoms with E-state index < -0.39 is 0 Å². The first-order valence-corrected chi connectivity index (χ1v) is 6.26. The molecule has 0 aromatic carbocycles. The third-order valence-corrected chi connectivity index (χ3v) is 2.82. The molecule has 0 aliphatic heterocycles. The lowest BCUT2D eigenvalue weighted by atomic mass is 10.1. The molecule has 94 valence electrons. The van der Waals surface area contributed by atoms with Gasteiger partial charge in [-0.3, -0.25) is 4.98 Å². The van der Waals surface area contributed by atoms with E-state index in [0.29, 0.717) is 6.54 Å². The lowest BCUT2D eigenvalue weighted by molar-refractivity contribution is 0.809. The van der Waals surface area contributed by atoms with Gasteiger partial charge in [-0.1, -0.05) is 13.3 Å². The highest BCUT2D eigenvalue weighted by molar-refractivity contribution is 5.21. The van der Waals surface area contributed by atoms with Crippen molar-refractivity contribution in [1.29, 1.82) is 0 Å². The zero-order valence-corrected chi connectivity index (χ0v) is 10.6. The molecule has 0 saturated heterocycles. The largest absolute Gasteiger partial charge is 0.326 e. The van der Waals surface area contributed by atoms with E-state index in [1.165, 1.54) is 5.56 Å². The molecule has 2 N–H and O–H groups in total. The van der Waals surface area contributed by atoms with Gasteiger partial charge >= 0.3 is 0 Å². The summed E-state index contributed by atoms with van der Waals surface area (Å²) in [7, 11) is 0. The third-order valence-electron chi connectivity index (χ3n) is 2.82. The van der Waals surface area contributed by atoms with E-state index in [9.17, 15) is 0 Å². The summed E-state index contributed by atoms with van der Waals surface area (Å²) < 4.78 is 0. The molecular formula is C14H18N4. The Morgan fingerprint density at radius 2 is 2.00 bits per heavy atom. The number of aromatic nitrogens is 3. The van der Waals surface area contributed by atoms with Gasteiger partial charge in [-0.15, -0.1) is 0 Å². The number of pyridine rings is 1. The van der Waals surface area contributed by atoms with Gasteiger partial charge in [-0.05, 0) is 24.1 Å². The van der Waals surface area contributed by atoms with E-state index in [1.54, 1.807) is 12.4 Å². The van der Waals surface area contributed by atoms with E-state index in [1.807, 2.05) is 18.3 Å². The lowest BCUT2D eigenvalue weighted by Crippen LogP contribution is -2.08. The van der Waals surface area contributed by atoms with Gasteiger partial charge in [-0.25, -0.2) is 9.97 Å². The smallest absolute Gasteiger partial charge is 0.132 e. The van der Waals surface area contributed by atoms with Crippen LogP contribution < -0.4 is 5.73 Å². The Morgan fingerprint density at radius 1 is 1.22 bits per heavy atom. The van der Waals surface area contributed by atoms with Crippen LogP contribution >= 0.6 is 0 Å². The molecule has 0 bridgehead atoms. The van der Waals surface area contributed by atoms with Crippen LogP contribution in [0.2, 0.25) is 0 Å². The maximum Gasteiger partial charge on any atom is 0.132 e. The van der Waals surface area contributed by atoms with Crippen molar-refractivity contribution in [2.45, 2.75) is 32.7 Å². The van der Waals surface area contributed by atoms with E-state index in [4.69, 9.17) is 5.73 Å². The number of hydrogen-bond acceptors (Lipinski definition) is 4. The van der Waals surface area contributed by atoms with Crippen molar-refractivity contribution in [3.05, 3.63) is 53.4 Å². The normalized spacial score (nSPS) is 10.6. The standard InChI is InChI=1S/C14H18N4/c1-2-3-13-12(9-15)10-17-14(18-13)8-11-4-6-16-7-5-11/h4-7,10H,2-3,8-9,15H2,1H3. The quantitative estimate of drug-likeness (QED) is 0.869. The molecule has 0 radical (unpaired) electrons. The molecule has 4 heteroatoms. The van der Waals surface area contributed by atoms with Gasteiger partial charge in [0.25, 0.3) is 0 Å². The summed E-state index contributed by atoms with van der Waals surface area (Å²) in [6.07, 6.45) is 8.20. The lowest BCUT2D eigenvalue weighted by Gasteiger charge is -2.08. The van der Waals surface area contributed by atoms with Gasteiger partial charge in [0.15, 0.2) is 0 Å². The Kier molecular flexibility index (Phi) is 4.36. The third kappa shape index (κ3) is 3.11. The Morgan fingerprint density at radius 3 is 2.67 bits per heavy atom. The van der Waals surface area contributed by atoms with Gasteiger partial charge < -0.3 is 5.73 Å². The second-order valence-corrected chi connectivity index (χ2v) is 4.24. The molecule has 0 aliphatic carbocycles. The van der Waals surface area contributed by atoms with Crippen molar-refractivity contribution in [3.63, 3.8) is 0 Å². The Balaban J connectivity index is 2.21. The van der Waals surface area contributed by atoms with Crippen molar-refractivity contribution in [2.24, 2.45) is 5.73 Å². The molecule has 0 spiro atoms. The minimum Gasteiger partial charge on any atom is -0.326 e. The minimum atomic E-state index is 0.505. The fraction of sp³-hybridized carbons (Fsp3) is 0.357. The molecule has 0 saturated carbocycles. The summed E-state index contributed by atoms with van der Waals surface area (Å²) in [6.45, 7) is 2.65. The van der Waals surface area contributed by atoms with Crippen molar-refractivity contribution in [1.82, 2.24) is 15.0 Å². The Bertz CT molecular complexity index is 496. The number of nitrogens with zero attached hydrogens (tertiary/aromatic N) is 3. The topological polar surface area (TPSA) is 64.7 Å². The van der Waals surface area contributed by atoms with Gasteiger partial charge in [0, 0.05) is 42.8 Å². The maximum atomic E-state index is 5.70. The van der Waals surface area contributed by atoms with Crippen molar-refractivity contribution < 1.29 is 0 Å². The molecular weight excluding hydrogens is 224 g/mol. The molecule has 2 heterocycles. The molecule has 0 fully saturated rings. The number of aryl methyl sites for hydroxylation is 1. The highest BCUT2D eigenvalue weighted by atomic mass is 14.9. The van der Waals surface area contributed by atoms with E-state index in [0.717, 1.165) is 36.3 Å². The van der Waals surface area contributed by atoms with Crippen LogP contribution in [-0.2, 0) is 19.4 Å². The molecule has 0 amide bonds. The molecule has 2 aromatic heterocycles. The minimum absolute atomic E-state index is 0.505. The first kappa shape index (κ1) is 12.6. The van der Waals surface area contributed by atoms with Gasteiger partial charge in [-0.2, -0.15) is 0 Å². The van der Waals surface area contributed by atoms with Crippen LogP contribution in [0.3, 0.4) is 0 Å². The van der Waals surface area contributed by atoms with Gasteiger partial charge in [0.2, 0.25) is 0 Å². The summed E-state index contributed by atoms with van der Waals surface area (Å²) >= 11 is 0. The van der Waals surface area contributed by atoms with Gasteiger partial charge in [0.1, 0.15) is 5.82 Å². The molecule has 2 rings (SSSR count). The van der Waals surface area contributed by atoms with Crippen LogP contribution in [0.15, 0.2) is 30.7 Å². The average molecular weight is 242 g/mol. The van der Waals surface area contributed by atoms with Crippen LogP contribution in [0.4, 0.5) is 0 Å². The fourth-order valence-corrected chi connectivity index (χ4v) is 1.88. The van der Waals surface area contributed by atoms with Crippen LogP contribution in [-0.4, -0.2) is 15.0 Å². The molecule has 2 aromatic rings. The molecule has 18 heavy (non-hydrogen) atoms. The molecule has 0 atom stereocenters. The molecule has 4 nitrogen and oxygen atoms in total. The number of nitrogens with two attached hydrogens (primary N) is 1.